The van der Waals surface area contributed by atoms with Gasteiger partial charge in [-0.25, -0.2) is 4.79 Å². The fraction of sp³-hybridized carbons (Fsp3) is 0.333. The molecular formula is C6H9NO4. The standard InChI is InChI=1S/C6H9NO4/c1-3-5(8)11-7-4(2)6(9)10/h3-4,7H,1H2,2H3,(H,9,10)/t4-/m0/s1. The largest absolute Gasteiger partial charge is 0.480 e. The highest BCUT2D eigenvalue weighted by molar-refractivity contribution is 5.81. The van der Waals surface area contributed by atoms with Crippen LogP contribution in [0.25, 0.3) is 0 Å². The summed E-state index contributed by atoms with van der Waals surface area (Å²) in [4.78, 5) is 24.7. The minimum atomic E-state index is -1.10. The number of carboxylic acid groups (broad SMARTS) is 1. The van der Waals surface area contributed by atoms with Gasteiger partial charge in [-0.05, 0) is 6.92 Å². The van der Waals surface area contributed by atoms with E-state index in [0.29, 0.717) is 0 Å². The molecule has 0 aromatic carbocycles. The molecule has 0 aromatic rings. The van der Waals surface area contributed by atoms with Gasteiger partial charge in [0.25, 0.3) is 0 Å². The molecular weight excluding hydrogens is 150 g/mol. The molecule has 0 saturated carbocycles. The molecule has 0 fully saturated rings. The lowest BCUT2D eigenvalue weighted by Gasteiger charge is -2.06. The molecule has 0 radical (unpaired) electrons. The second-order valence-corrected chi connectivity index (χ2v) is 1.80. The first kappa shape index (κ1) is 9.64. The van der Waals surface area contributed by atoms with Crippen LogP contribution in [0.1, 0.15) is 6.92 Å². The summed E-state index contributed by atoms with van der Waals surface area (Å²) in [5, 5.41) is 8.29. The number of carboxylic acids is 1. The van der Waals surface area contributed by atoms with Gasteiger partial charge in [-0.3, -0.25) is 4.79 Å². The minimum absolute atomic E-state index is 0.710. The highest BCUT2D eigenvalue weighted by atomic mass is 16.7. The Bertz CT molecular complexity index is 177. The van der Waals surface area contributed by atoms with Crippen LogP contribution in [0.3, 0.4) is 0 Å². The van der Waals surface area contributed by atoms with Crippen molar-refractivity contribution in [3.63, 3.8) is 0 Å². The fourth-order valence-corrected chi connectivity index (χ4v) is 0.239. The fourth-order valence-electron chi connectivity index (χ4n) is 0.239. The van der Waals surface area contributed by atoms with Gasteiger partial charge in [-0.15, -0.1) is 5.48 Å². The minimum Gasteiger partial charge on any atom is -0.480 e. The van der Waals surface area contributed by atoms with Crippen LogP contribution in [0.2, 0.25) is 0 Å². The van der Waals surface area contributed by atoms with Crippen molar-refractivity contribution < 1.29 is 19.5 Å². The number of nitrogens with one attached hydrogen (secondary N) is 1. The second-order valence-electron chi connectivity index (χ2n) is 1.80. The molecule has 0 rings (SSSR count). The van der Waals surface area contributed by atoms with Crippen LogP contribution in [0.5, 0.6) is 0 Å². The summed E-state index contributed by atoms with van der Waals surface area (Å²) in [6.45, 7) is 4.47. The maximum atomic E-state index is 10.3. The van der Waals surface area contributed by atoms with E-state index in [2.05, 4.69) is 11.4 Å². The van der Waals surface area contributed by atoms with Gasteiger partial charge in [0.2, 0.25) is 0 Å². The summed E-state index contributed by atoms with van der Waals surface area (Å²) in [7, 11) is 0. The number of aliphatic carboxylic acids is 1. The van der Waals surface area contributed by atoms with Gasteiger partial charge < -0.3 is 9.94 Å². The average Bonchev–Trinajstić information content (AvgIpc) is 1.99. The predicted octanol–water partition coefficient (Wildman–Crippen LogP) is -0.307. The van der Waals surface area contributed by atoms with Crippen molar-refractivity contribution in [2.24, 2.45) is 0 Å². The van der Waals surface area contributed by atoms with Crippen molar-refractivity contribution in [2.45, 2.75) is 13.0 Å². The number of hydrogen-bond acceptors (Lipinski definition) is 4. The Morgan fingerprint density at radius 1 is 1.73 bits per heavy atom. The maximum Gasteiger partial charge on any atom is 0.348 e. The Morgan fingerprint density at radius 2 is 2.27 bits per heavy atom. The summed E-state index contributed by atoms with van der Waals surface area (Å²) < 4.78 is 0. The Labute approximate surface area is 63.6 Å². The van der Waals surface area contributed by atoms with Crippen molar-refractivity contribution in [1.82, 2.24) is 5.48 Å². The highest BCUT2D eigenvalue weighted by Gasteiger charge is 2.10. The lowest BCUT2D eigenvalue weighted by atomic mass is 10.4. The van der Waals surface area contributed by atoms with Crippen LogP contribution >= 0.6 is 0 Å². The van der Waals surface area contributed by atoms with Crippen molar-refractivity contribution in [3.05, 3.63) is 12.7 Å². The number of rotatable bonds is 4. The third kappa shape index (κ3) is 4.10. The van der Waals surface area contributed by atoms with Crippen molar-refractivity contribution in [1.29, 1.82) is 0 Å². The molecule has 5 nitrogen and oxygen atoms in total. The lowest BCUT2D eigenvalue weighted by Crippen LogP contribution is -2.35. The molecule has 0 spiro atoms. The second kappa shape index (κ2) is 4.45. The van der Waals surface area contributed by atoms with Gasteiger partial charge in [0.1, 0.15) is 6.04 Å². The van der Waals surface area contributed by atoms with Crippen LogP contribution < -0.4 is 5.48 Å². The first-order valence-electron chi connectivity index (χ1n) is 2.89. The lowest BCUT2D eigenvalue weighted by molar-refractivity contribution is -0.152. The summed E-state index contributed by atoms with van der Waals surface area (Å²) in [5.74, 6) is -1.81. The molecule has 0 bridgehead atoms. The molecule has 5 heteroatoms. The van der Waals surface area contributed by atoms with E-state index in [1.165, 1.54) is 6.92 Å². The van der Waals surface area contributed by atoms with Crippen molar-refractivity contribution >= 4 is 11.9 Å². The smallest absolute Gasteiger partial charge is 0.348 e. The third-order valence-electron chi connectivity index (χ3n) is 0.873. The van der Waals surface area contributed by atoms with E-state index in [1.54, 1.807) is 0 Å². The number of carbonyl (C=O) groups excluding carboxylic acids is 1. The Hall–Kier alpha value is -1.36. The summed E-state index contributed by atoms with van der Waals surface area (Å²) in [5.41, 5.74) is 2.01. The number of carbonyl (C=O) groups is 2. The monoisotopic (exact) mass is 159 g/mol. The van der Waals surface area contributed by atoms with Crippen LogP contribution in [0.4, 0.5) is 0 Å². The molecule has 0 aliphatic heterocycles. The van der Waals surface area contributed by atoms with E-state index in [4.69, 9.17) is 5.11 Å². The third-order valence-corrected chi connectivity index (χ3v) is 0.873. The Kier molecular flexibility index (Phi) is 3.90. The number of hydrogen-bond donors (Lipinski definition) is 2. The van der Waals surface area contributed by atoms with Gasteiger partial charge in [0.05, 0.1) is 0 Å². The van der Waals surface area contributed by atoms with Crippen molar-refractivity contribution in [2.75, 3.05) is 0 Å². The quantitative estimate of drug-likeness (QED) is 0.435. The molecule has 0 aromatic heterocycles. The van der Waals surface area contributed by atoms with E-state index in [1.807, 2.05) is 5.48 Å². The molecule has 0 amide bonds. The molecule has 0 aliphatic rings. The topological polar surface area (TPSA) is 75.6 Å². The van der Waals surface area contributed by atoms with Crippen LogP contribution in [-0.4, -0.2) is 23.1 Å². The van der Waals surface area contributed by atoms with Gasteiger partial charge in [0.15, 0.2) is 0 Å². The zero-order valence-electron chi connectivity index (χ0n) is 6.03. The van der Waals surface area contributed by atoms with E-state index in [-0.39, 0.29) is 0 Å². The summed E-state index contributed by atoms with van der Waals surface area (Å²) >= 11 is 0. The van der Waals surface area contributed by atoms with E-state index in [0.717, 1.165) is 6.08 Å². The molecule has 1 atom stereocenters. The van der Waals surface area contributed by atoms with Crippen LogP contribution in [-0.2, 0) is 14.4 Å². The Balaban J connectivity index is 3.62. The zero-order valence-corrected chi connectivity index (χ0v) is 6.03. The Morgan fingerprint density at radius 3 is 2.64 bits per heavy atom. The molecule has 0 aliphatic carbocycles. The maximum absolute atomic E-state index is 10.3. The SMILES string of the molecule is C=CC(=O)ON[C@@H](C)C(=O)O. The first-order valence-corrected chi connectivity index (χ1v) is 2.89. The summed E-state index contributed by atoms with van der Waals surface area (Å²) in [6, 6.07) is -0.918. The number of hydroxylamine groups is 1. The zero-order chi connectivity index (χ0) is 8.85. The summed E-state index contributed by atoms with van der Waals surface area (Å²) in [6.07, 6.45) is 0.932. The highest BCUT2D eigenvalue weighted by Crippen LogP contribution is 1.82. The van der Waals surface area contributed by atoms with Gasteiger partial charge in [-0.1, -0.05) is 6.58 Å². The average molecular weight is 159 g/mol. The van der Waals surface area contributed by atoms with Gasteiger partial charge in [0, 0.05) is 6.08 Å². The first-order chi connectivity index (χ1) is 5.07. The van der Waals surface area contributed by atoms with Crippen LogP contribution in [0, 0.1) is 0 Å². The predicted molar refractivity (Wildman–Crippen MR) is 36.5 cm³/mol. The molecule has 0 unspecified atom stereocenters. The van der Waals surface area contributed by atoms with Gasteiger partial charge >= 0.3 is 11.9 Å². The van der Waals surface area contributed by atoms with E-state index in [9.17, 15) is 9.59 Å². The molecule has 11 heavy (non-hydrogen) atoms. The molecule has 0 saturated heterocycles. The van der Waals surface area contributed by atoms with Crippen molar-refractivity contribution in [3.8, 4) is 0 Å². The molecule has 0 heterocycles. The van der Waals surface area contributed by atoms with Gasteiger partial charge in [-0.2, -0.15) is 0 Å². The van der Waals surface area contributed by atoms with E-state index >= 15 is 0 Å². The van der Waals surface area contributed by atoms with E-state index < -0.39 is 18.0 Å². The van der Waals surface area contributed by atoms with Crippen LogP contribution in [0.15, 0.2) is 12.7 Å². The molecule has 62 valence electrons. The molecule has 2 N–H and O–H groups in total. The normalized spacial score (nSPS) is 11.7.